The summed E-state index contributed by atoms with van der Waals surface area (Å²) in [7, 11) is 0. The quantitative estimate of drug-likeness (QED) is 0.450. The molecule has 0 aliphatic carbocycles. The van der Waals surface area contributed by atoms with Crippen LogP contribution in [0.3, 0.4) is 0 Å². The second kappa shape index (κ2) is 8.04. The molecule has 0 bridgehead atoms. The van der Waals surface area contributed by atoms with E-state index >= 15 is 0 Å². The van der Waals surface area contributed by atoms with Crippen LogP contribution in [0.25, 0.3) is 0 Å². The summed E-state index contributed by atoms with van der Waals surface area (Å²) in [6.07, 6.45) is 1.21. The van der Waals surface area contributed by atoms with Crippen molar-refractivity contribution in [2.45, 2.75) is 20.8 Å². The molecule has 6 heteroatoms. The second-order valence-corrected chi connectivity index (χ2v) is 3.90. The molecule has 0 atom stereocenters. The predicted molar refractivity (Wildman–Crippen MR) is 73.9 cm³/mol. The minimum absolute atomic E-state index is 0.186. The van der Waals surface area contributed by atoms with Crippen LogP contribution in [0.1, 0.15) is 19.5 Å². The van der Waals surface area contributed by atoms with Crippen molar-refractivity contribution in [3.63, 3.8) is 0 Å². The molecule has 0 N–H and O–H groups in total. The van der Waals surface area contributed by atoms with Crippen LogP contribution in [0, 0.1) is 12.8 Å². The van der Waals surface area contributed by atoms with E-state index in [4.69, 9.17) is 9.47 Å². The largest absolute Gasteiger partial charge is 0.465 e. The van der Waals surface area contributed by atoms with E-state index in [2.05, 4.69) is 9.98 Å². The van der Waals surface area contributed by atoms with E-state index in [-0.39, 0.29) is 13.2 Å². The Bertz CT molecular complexity index is 482. The number of hydrogen-bond donors (Lipinski definition) is 0. The third-order valence-electron chi connectivity index (χ3n) is 2.31. The minimum Gasteiger partial charge on any atom is -0.465 e. The first kappa shape index (κ1) is 15.8. The lowest BCUT2D eigenvalue weighted by Gasteiger charge is -2.09. The average molecular weight is 278 g/mol. The summed E-state index contributed by atoms with van der Waals surface area (Å²) in [5.41, 5.74) is 0.795. The molecule has 1 heterocycles. The van der Waals surface area contributed by atoms with E-state index in [0.29, 0.717) is 5.82 Å². The number of esters is 2. The van der Waals surface area contributed by atoms with Crippen molar-refractivity contribution in [3.8, 4) is 0 Å². The molecular formula is C14H18N2O4. The number of nitrogens with zero attached hydrogens (tertiary/aromatic N) is 2. The number of rotatable bonds is 6. The van der Waals surface area contributed by atoms with Gasteiger partial charge in [0, 0.05) is 11.9 Å². The Hall–Kier alpha value is -2.24. The van der Waals surface area contributed by atoms with E-state index in [9.17, 15) is 9.59 Å². The Morgan fingerprint density at radius 2 is 1.85 bits per heavy atom. The molecule has 0 saturated heterocycles. The van der Waals surface area contributed by atoms with E-state index < -0.39 is 17.9 Å². The van der Waals surface area contributed by atoms with Gasteiger partial charge in [-0.25, -0.2) is 9.98 Å². The molecule has 0 spiro atoms. The second-order valence-electron chi connectivity index (χ2n) is 3.90. The maximum absolute atomic E-state index is 11.7. The van der Waals surface area contributed by atoms with Crippen LogP contribution in [0.15, 0.2) is 23.2 Å². The van der Waals surface area contributed by atoms with E-state index in [0.717, 1.165) is 5.69 Å². The Morgan fingerprint density at radius 3 is 2.35 bits per heavy atom. The fourth-order valence-corrected chi connectivity index (χ4v) is 1.43. The Labute approximate surface area is 117 Å². The first-order chi connectivity index (χ1) is 9.58. The van der Waals surface area contributed by atoms with Gasteiger partial charge >= 0.3 is 11.9 Å². The van der Waals surface area contributed by atoms with Gasteiger partial charge in [-0.15, -0.1) is 0 Å². The molecule has 0 aliphatic rings. The van der Waals surface area contributed by atoms with Crippen molar-refractivity contribution in [1.82, 2.24) is 4.98 Å². The van der Waals surface area contributed by atoms with Gasteiger partial charge in [-0.2, -0.15) is 0 Å². The summed E-state index contributed by atoms with van der Waals surface area (Å²) < 4.78 is 9.66. The van der Waals surface area contributed by atoms with Gasteiger partial charge in [0.25, 0.3) is 0 Å². The highest BCUT2D eigenvalue weighted by Crippen LogP contribution is 2.09. The van der Waals surface area contributed by atoms with Crippen LogP contribution in [0.4, 0.5) is 5.82 Å². The maximum Gasteiger partial charge on any atom is 0.325 e. The van der Waals surface area contributed by atoms with Crippen LogP contribution < -0.4 is 0 Å². The van der Waals surface area contributed by atoms with Crippen molar-refractivity contribution in [2.24, 2.45) is 10.9 Å². The van der Waals surface area contributed by atoms with Gasteiger partial charge in [0.2, 0.25) is 0 Å². The molecule has 0 saturated carbocycles. The van der Waals surface area contributed by atoms with Gasteiger partial charge < -0.3 is 9.47 Å². The summed E-state index contributed by atoms with van der Waals surface area (Å²) in [6, 6.07) is 5.29. The van der Waals surface area contributed by atoms with E-state index in [1.165, 1.54) is 6.21 Å². The number of pyridine rings is 1. The third kappa shape index (κ3) is 4.79. The van der Waals surface area contributed by atoms with Crippen LogP contribution >= 0.6 is 0 Å². The van der Waals surface area contributed by atoms with Gasteiger partial charge in [-0.1, -0.05) is 6.07 Å². The number of hydrogen-bond acceptors (Lipinski definition) is 6. The maximum atomic E-state index is 11.7. The lowest BCUT2D eigenvalue weighted by atomic mass is 10.2. The standard InChI is InChI=1S/C14H18N2O4/c1-4-19-13(17)11(14(18)20-5-2)9-15-12-8-6-7-10(3)16-12/h6-9,11H,4-5H2,1-3H3. The molecule has 1 rings (SSSR count). The lowest BCUT2D eigenvalue weighted by Crippen LogP contribution is -2.29. The first-order valence-corrected chi connectivity index (χ1v) is 6.39. The zero-order valence-electron chi connectivity index (χ0n) is 11.8. The smallest absolute Gasteiger partial charge is 0.325 e. The number of aryl methyl sites for hydroxylation is 1. The van der Waals surface area contributed by atoms with Crippen molar-refractivity contribution >= 4 is 24.0 Å². The molecule has 0 aliphatic heterocycles. The predicted octanol–water partition coefficient (Wildman–Crippen LogP) is 1.83. The average Bonchev–Trinajstić information content (AvgIpc) is 2.39. The molecule has 0 radical (unpaired) electrons. The zero-order valence-corrected chi connectivity index (χ0v) is 11.8. The summed E-state index contributed by atoms with van der Waals surface area (Å²) in [5, 5.41) is 0. The Balaban J connectivity index is 2.88. The van der Waals surface area contributed by atoms with Crippen molar-refractivity contribution < 1.29 is 19.1 Å². The number of carbonyl (C=O) groups excluding carboxylic acids is 2. The van der Waals surface area contributed by atoms with E-state index in [1.54, 1.807) is 26.0 Å². The summed E-state index contributed by atoms with van der Waals surface area (Å²) in [5.74, 6) is -2.11. The molecule has 1 aromatic heterocycles. The molecule has 108 valence electrons. The number of ether oxygens (including phenoxy) is 2. The molecule has 6 nitrogen and oxygen atoms in total. The lowest BCUT2D eigenvalue weighted by molar-refractivity contribution is -0.157. The van der Waals surface area contributed by atoms with Crippen LogP contribution in [0.5, 0.6) is 0 Å². The zero-order chi connectivity index (χ0) is 15.0. The monoisotopic (exact) mass is 278 g/mol. The van der Waals surface area contributed by atoms with Gasteiger partial charge in [-0.3, -0.25) is 9.59 Å². The minimum atomic E-state index is -1.17. The van der Waals surface area contributed by atoms with Crippen molar-refractivity contribution in [1.29, 1.82) is 0 Å². The van der Waals surface area contributed by atoms with Crippen LogP contribution in [-0.2, 0) is 19.1 Å². The van der Waals surface area contributed by atoms with Crippen molar-refractivity contribution in [3.05, 3.63) is 23.9 Å². The highest BCUT2D eigenvalue weighted by atomic mass is 16.6. The first-order valence-electron chi connectivity index (χ1n) is 6.39. The summed E-state index contributed by atoms with van der Waals surface area (Å²) >= 11 is 0. The molecule has 0 unspecified atom stereocenters. The number of carbonyl (C=O) groups is 2. The molecular weight excluding hydrogens is 260 g/mol. The third-order valence-corrected chi connectivity index (χ3v) is 2.31. The van der Waals surface area contributed by atoms with E-state index in [1.807, 2.05) is 13.0 Å². The Kier molecular flexibility index (Phi) is 6.36. The highest BCUT2D eigenvalue weighted by Gasteiger charge is 2.27. The van der Waals surface area contributed by atoms with Gasteiger partial charge in [0.05, 0.1) is 13.2 Å². The molecule has 0 aromatic carbocycles. The topological polar surface area (TPSA) is 77.9 Å². The van der Waals surface area contributed by atoms with Gasteiger partial charge in [0.1, 0.15) is 0 Å². The molecule has 1 aromatic rings. The summed E-state index contributed by atoms with van der Waals surface area (Å²) in [4.78, 5) is 31.6. The fraction of sp³-hybridized carbons (Fsp3) is 0.429. The Morgan fingerprint density at radius 1 is 1.25 bits per heavy atom. The van der Waals surface area contributed by atoms with Crippen molar-refractivity contribution in [2.75, 3.05) is 13.2 Å². The SMILES string of the molecule is CCOC(=O)C(C=Nc1cccc(C)n1)C(=O)OCC. The highest BCUT2D eigenvalue weighted by molar-refractivity contribution is 6.09. The molecule has 0 amide bonds. The molecule has 0 fully saturated rings. The van der Waals surface area contributed by atoms with Gasteiger partial charge in [-0.05, 0) is 32.9 Å². The number of aliphatic imine (C=N–C) groups is 1. The molecule has 20 heavy (non-hydrogen) atoms. The van der Waals surface area contributed by atoms with Crippen LogP contribution in [0.2, 0.25) is 0 Å². The van der Waals surface area contributed by atoms with Gasteiger partial charge in [0.15, 0.2) is 11.7 Å². The van der Waals surface area contributed by atoms with Crippen LogP contribution in [-0.4, -0.2) is 36.4 Å². The normalized spacial score (nSPS) is 10.8. The number of aromatic nitrogens is 1. The summed E-state index contributed by atoms with van der Waals surface area (Å²) in [6.45, 7) is 5.53. The fourth-order valence-electron chi connectivity index (χ4n) is 1.43.